The average molecular weight is 290 g/mol. The Kier molecular flexibility index (Phi) is 9.98. The molecule has 1 rings (SSSR count). The summed E-state index contributed by atoms with van der Waals surface area (Å²) >= 11 is 0. The van der Waals surface area contributed by atoms with Crippen LogP contribution in [0.1, 0.15) is 82.3 Å². The van der Waals surface area contributed by atoms with Gasteiger partial charge in [-0.15, -0.1) is 0 Å². The summed E-state index contributed by atoms with van der Waals surface area (Å²) in [4.78, 5) is 0. The van der Waals surface area contributed by atoms with Gasteiger partial charge in [-0.3, -0.25) is 0 Å². The predicted octanol–water partition coefficient (Wildman–Crippen LogP) is 5.11. The Labute approximate surface area is 130 Å². The van der Waals surface area contributed by atoms with E-state index in [0.29, 0.717) is 12.3 Å². The van der Waals surface area contributed by atoms with Gasteiger partial charge in [-0.05, 0) is 36.6 Å². The molecule has 0 saturated heterocycles. The minimum atomic E-state index is 0.382. The van der Waals surface area contributed by atoms with E-state index in [-0.39, 0.29) is 0 Å². The Morgan fingerprint density at radius 1 is 0.857 bits per heavy atom. The van der Waals surface area contributed by atoms with Gasteiger partial charge >= 0.3 is 0 Å². The third kappa shape index (κ3) is 7.52. The summed E-state index contributed by atoms with van der Waals surface area (Å²) in [6.07, 6.45) is 14.3. The number of benzene rings is 1. The summed E-state index contributed by atoms with van der Waals surface area (Å²) in [6.45, 7) is 2.65. The largest absolute Gasteiger partial charge is 0.507 e. The molecule has 0 heterocycles. The number of rotatable bonds is 12. The molecule has 0 aliphatic carbocycles. The van der Waals surface area contributed by atoms with Crippen LogP contribution in [0.5, 0.6) is 5.75 Å². The van der Waals surface area contributed by atoms with Crippen molar-refractivity contribution in [2.75, 3.05) is 0 Å². The molecule has 0 fully saturated rings. The molecular formula is C19H32NO. The highest BCUT2D eigenvalue weighted by atomic mass is 16.3. The molecule has 119 valence electrons. The first-order valence-electron chi connectivity index (χ1n) is 8.70. The maximum atomic E-state index is 10.0. The van der Waals surface area contributed by atoms with E-state index >= 15 is 0 Å². The van der Waals surface area contributed by atoms with Crippen LogP contribution < -0.4 is 5.73 Å². The summed E-state index contributed by atoms with van der Waals surface area (Å²) in [5.41, 5.74) is 7.40. The number of nitrogens with two attached hydrogens (primary N) is 1. The fraction of sp³-hybridized carbons (Fsp3) is 0.684. The second-order valence-corrected chi connectivity index (χ2v) is 5.99. The van der Waals surface area contributed by atoms with E-state index in [2.05, 4.69) is 13.0 Å². The van der Waals surface area contributed by atoms with E-state index in [4.69, 9.17) is 5.73 Å². The first-order chi connectivity index (χ1) is 10.3. The number of hydrogen-bond acceptors (Lipinski definition) is 2. The van der Waals surface area contributed by atoms with Gasteiger partial charge in [0.15, 0.2) is 0 Å². The number of phenolic OH excluding ortho intramolecular Hbond substituents is 1. The van der Waals surface area contributed by atoms with Crippen molar-refractivity contribution in [3.05, 3.63) is 29.3 Å². The molecule has 0 spiro atoms. The zero-order chi connectivity index (χ0) is 15.3. The molecule has 0 bridgehead atoms. The highest BCUT2D eigenvalue weighted by Crippen LogP contribution is 2.23. The van der Waals surface area contributed by atoms with Crippen LogP contribution in [0.25, 0.3) is 0 Å². The molecule has 0 aliphatic heterocycles. The van der Waals surface area contributed by atoms with E-state index < -0.39 is 0 Å². The van der Waals surface area contributed by atoms with Crippen LogP contribution in [0.3, 0.4) is 0 Å². The zero-order valence-electron chi connectivity index (χ0n) is 13.7. The lowest BCUT2D eigenvalue weighted by Crippen LogP contribution is -1.98. The van der Waals surface area contributed by atoms with Crippen LogP contribution in [-0.4, -0.2) is 5.11 Å². The standard InChI is InChI=1S/C19H32NO/c1-2-3-4-5-6-7-8-9-10-11-13-17-14-12-15-18(16-20)19(17)21/h14-15,21H,2-11,13,16,20H2,1H3. The van der Waals surface area contributed by atoms with Crippen molar-refractivity contribution in [2.24, 2.45) is 5.73 Å². The smallest absolute Gasteiger partial charge is 0.123 e. The van der Waals surface area contributed by atoms with Gasteiger partial charge in [-0.25, -0.2) is 0 Å². The first kappa shape index (κ1) is 18.0. The SMILES string of the molecule is CCCCCCCCCCCCc1c[c]cc(CN)c1O. The summed E-state index contributed by atoms with van der Waals surface area (Å²) in [5, 5.41) is 10.0. The minimum Gasteiger partial charge on any atom is -0.507 e. The zero-order valence-corrected chi connectivity index (χ0v) is 13.7. The molecule has 1 aromatic carbocycles. The van der Waals surface area contributed by atoms with Crippen molar-refractivity contribution in [1.29, 1.82) is 0 Å². The average Bonchev–Trinajstić information content (AvgIpc) is 2.50. The highest BCUT2D eigenvalue weighted by Gasteiger charge is 2.05. The molecular weight excluding hydrogens is 258 g/mol. The summed E-state index contributed by atoms with van der Waals surface area (Å²) in [5.74, 6) is 0.382. The van der Waals surface area contributed by atoms with E-state index in [9.17, 15) is 5.11 Å². The van der Waals surface area contributed by atoms with Gasteiger partial charge in [-0.2, -0.15) is 0 Å². The molecule has 0 aliphatic rings. The molecule has 2 nitrogen and oxygen atoms in total. The normalized spacial score (nSPS) is 11.0. The Bertz CT molecular complexity index is 376. The number of hydrogen-bond donors (Lipinski definition) is 2. The lowest BCUT2D eigenvalue weighted by Gasteiger charge is -2.08. The summed E-state index contributed by atoms with van der Waals surface area (Å²) < 4.78 is 0. The van der Waals surface area contributed by atoms with Crippen LogP contribution in [-0.2, 0) is 13.0 Å². The van der Waals surface area contributed by atoms with Crippen LogP contribution in [0.2, 0.25) is 0 Å². The van der Waals surface area contributed by atoms with Crippen molar-refractivity contribution >= 4 is 0 Å². The Morgan fingerprint density at radius 3 is 1.95 bits per heavy atom. The molecule has 1 aromatic rings. The van der Waals surface area contributed by atoms with E-state index in [1.165, 1.54) is 57.8 Å². The van der Waals surface area contributed by atoms with Crippen molar-refractivity contribution in [3.8, 4) is 5.75 Å². The lowest BCUT2D eigenvalue weighted by atomic mass is 10.0. The quantitative estimate of drug-likeness (QED) is 0.525. The fourth-order valence-corrected chi connectivity index (χ4v) is 2.73. The third-order valence-electron chi connectivity index (χ3n) is 4.14. The molecule has 21 heavy (non-hydrogen) atoms. The van der Waals surface area contributed by atoms with Gasteiger partial charge in [-0.1, -0.05) is 64.7 Å². The molecule has 0 amide bonds. The predicted molar refractivity (Wildman–Crippen MR) is 90.4 cm³/mol. The van der Waals surface area contributed by atoms with Crippen molar-refractivity contribution in [3.63, 3.8) is 0 Å². The topological polar surface area (TPSA) is 46.2 Å². The second-order valence-electron chi connectivity index (χ2n) is 5.99. The Hall–Kier alpha value is -1.02. The molecule has 1 radical (unpaired) electrons. The van der Waals surface area contributed by atoms with E-state index in [1.54, 1.807) is 6.07 Å². The number of aryl methyl sites for hydroxylation is 1. The van der Waals surface area contributed by atoms with Crippen LogP contribution >= 0.6 is 0 Å². The van der Waals surface area contributed by atoms with E-state index in [1.807, 2.05) is 6.07 Å². The van der Waals surface area contributed by atoms with Crippen molar-refractivity contribution in [1.82, 2.24) is 0 Å². The molecule has 0 atom stereocenters. The Morgan fingerprint density at radius 2 is 1.38 bits per heavy atom. The number of unbranched alkanes of at least 4 members (excludes halogenated alkanes) is 9. The number of aromatic hydroxyl groups is 1. The van der Waals surface area contributed by atoms with Gasteiger partial charge in [0.2, 0.25) is 0 Å². The molecule has 0 saturated carbocycles. The summed E-state index contributed by atoms with van der Waals surface area (Å²) in [7, 11) is 0. The third-order valence-corrected chi connectivity index (χ3v) is 4.14. The Balaban J connectivity index is 2.04. The van der Waals surface area contributed by atoms with Crippen molar-refractivity contribution in [2.45, 2.75) is 84.1 Å². The van der Waals surface area contributed by atoms with Gasteiger partial charge in [0.05, 0.1) is 0 Å². The monoisotopic (exact) mass is 290 g/mol. The number of phenols is 1. The van der Waals surface area contributed by atoms with E-state index in [0.717, 1.165) is 24.0 Å². The molecule has 3 N–H and O–H groups in total. The van der Waals surface area contributed by atoms with Crippen molar-refractivity contribution < 1.29 is 5.11 Å². The van der Waals surface area contributed by atoms with Crippen LogP contribution in [0, 0.1) is 6.07 Å². The van der Waals surface area contributed by atoms with Gasteiger partial charge in [0.25, 0.3) is 0 Å². The molecule has 0 aromatic heterocycles. The van der Waals surface area contributed by atoms with Crippen LogP contribution in [0.4, 0.5) is 0 Å². The maximum Gasteiger partial charge on any atom is 0.123 e. The van der Waals surface area contributed by atoms with Gasteiger partial charge < -0.3 is 10.8 Å². The highest BCUT2D eigenvalue weighted by molar-refractivity contribution is 5.39. The molecule has 0 unspecified atom stereocenters. The summed E-state index contributed by atoms with van der Waals surface area (Å²) in [6, 6.07) is 6.73. The fourth-order valence-electron chi connectivity index (χ4n) is 2.73. The van der Waals surface area contributed by atoms with Gasteiger partial charge in [0.1, 0.15) is 5.75 Å². The molecule has 2 heteroatoms. The first-order valence-corrected chi connectivity index (χ1v) is 8.70. The van der Waals surface area contributed by atoms with Crippen LogP contribution in [0.15, 0.2) is 12.1 Å². The minimum absolute atomic E-state index is 0.382. The lowest BCUT2D eigenvalue weighted by molar-refractivity contribution is 0.459. The maximum absolute atomic E-state index is 10.0. The second kappa shape index (κ2) is 11.6. The van der Waals surface area contributed by atoms with Gasteiger partial charge in [0, 0.05) is 12.1 Å².